The highest BCUT2D eigenvalue weighted by atomic mass is 16.6. The molecule has 2 amide bonds. The second-order valence-electron chi connectivity index (χ2n) is 4.54. The standard InChI is InChI=1S/C16H27NO7/c1-2-4-16(20)17(15-19)5-8-22-10-12-24-14-13-23-11-9-21-7-3-6-18/h2,4,6,15H,3,5,7-14H2,1H3/b4-2-. The molecular weight excluding hydrogens is 318 g/mol. The molecule has 0 N–H and O–H groups in total. The number of nitrogens with zero attached hydrogens (tertiary/aromatic N) is 1. The number of aldehydes is 1. The monoisotopic (exact) mass is 345 g/mol. The maximum Gasteiger partial charge on any atom is 0.252 e. The predicted octanol–water partition coefficient (Wildman–Crippen LogP) is 0.203. The Morgan fingerprint density at radius 3 is 1.79 bits per heavy atom. The lowest BCUT2D eigenvalue weighted by Crippen LogP contribution is -2.31. The third kappa shape index (κ3) is 14.0. The molecule has 0 rings (SSSR count). The fourth-order valence-electron chi connectivity index (χ4n) is 1.51. The Kier molecular flexibility index (Phi) is 16.5. The van der Waals surface area contributed by atoms with E-state index < -0.39 is 0 Å². The highest BCUT2D eigenvalue weighted by Crippen LogP contribution is 1.89. The second kappa shape index (κ2) is 17.7. The first-order valence-corrected chi connectivity index (χ1v) is 7.89. The molecule has 0 aliphatic heterocycles. The predicted molar refractivity (Wildman–Crippen MR) is 86.5 cm³/mol. The average molecular weight is 345 g/mol. The number of hydrogen-bond donors (Lipinski definition) is 0. The number of ether oxygens (including phenoxy) is 4. The Hall–Kier alpha value is -1.61. The Bertz CT molecular complexity index is 360. The van der Waals surface area contributed by atoms with E-state index in [1.165, 1.54) is 6.08 Å². The summed E-state index contributed by atoms with van der Waals surface area (Å²) in [6.45, 7) is 5.19. The molecule has 0 saturated heterocycles. The van der Waals surface area contributed by atoms with Gasteiger partial charge in [0.25, 0.3) is 5.91 Å². The van der Waals surface area contributed by atoms with Gasteiger partial charge in [0.05, 0.1) is 59.4 Å². The lowest BCUT2D eigenvalue weighted by atomic mass is 10.4. The topological polar surface area (TPSA) is 91.4 Å². The van der Waals surface area contributed by atoms with Gasteiger partial charge in [-0.05, 0) is 13.0 Å². The number of imide groups is 1. The van der Waals surface area contributed by atoms with Gasteiger partial charge in [0.1, 0.15) is 6.29 Å². The van der Waals surface area contributed by atoms with E-state index >= 15 is 0 Å². The normalized spacial score (nSPS) is 10.9. The van der Waals surface area contributed by atoms with E-state index in [0.717, 1.165) is 11.2 Å². The fourth-order valence-corrected chi connectivity index (χ4v) is 1.51. The zero-order chi connectivity index (χ0) is 17.9. The van der Waals surface area contributed by atoms with E-state index in [4.69, 9.17) is 18.9 Å². The molecule has 0 fully saturated rings. The first kappa shape index (κ1) is 22.4. The smallest absolute Gasteiger partial charge is 0.252 e. The lowest BCUT2D eigenvalue weighted by molar-refractivity contribution is -0.135. The molecule has 8 nitrogen and oxygen atoms in total. The molecule has 0 bridgehead atoms. The van der Waals surface area contributed by atoms with Crippen molar-refractivity contribution in [3.8, 4) is 0 Å². The Morgan fingerprint density at radius 1 is 0.833 bits per heavy atom. The van der Waals surface area contributed by atoms with E-state index in [0.29, 0.717) is 59.1 Å². The minimum Gasteiger partial charge on any atom is -0.379 e. The largest absolute Gasteiger partial charge is 0.379 e. The summed E-state index contributed by atoms with van der Waals surface area (Å²) < 4.78 is 21.0. The van der Waals surface area contributed by atoms with E-state index in [9.17, 15) is 14.4 Å². The summed E-state index contributed by atoms with van der Waals surface area (Å²) in [4.78, 5) is 33.3. The van der Waals surface area contributed by atoms with Gasteiger partial charge in [0, 0.05) is 6.42 Å². The van der Waals surface area contributed by atoms with Crippen LogP contribution in [0.2, 0.25) is 0 Å². The zero-order valence-corrected chi connectivity index (χ0v) is 14.2. The van der Waals surface area contributed by atoms with Crippen molar-refractivity contribution >= 4 is 18.6 Å². The Labute approximate surface area is 142 Å². The lowest BCUT2D eigenvalue weighted by Gasteiger charge is -2.13. The third-order valence-corrected chi connectivity index (χ3v) is 2.69. The zero-order valence-electron chi connectivity index (χ0n) is 14.2. The van der Waals surface area contributed by atoms with Crippen molar-refractivity contribution in [2.75, 3.05) is 59.4 Å². The number of allylic oxidation sites excluding steroid dienone is 1. The molecule has 8 heteroatoms. The maximum absolute atomic E-state index is 11.4. The molecule has 0 aromatic rings. The van der Waals surface area contributed by atoms with Crippen LogP contribution in [0.4, 0.5) is 0 Å². The quantitative estimate of drug-likeness (QED) is 0.211. The van der Waals surface area contributed by atoms with Crippen molar-refractivity contribution in [3.63, 3.8) is 0 Å². The van der Waals surface area contributed by atoms with Gasteiger partial charge < -0.3 is 23.7 Å². The van der Waals surface area contributed by atoms with Crippen LogP contribution in [0.1, 0.15) is 13.3 Å². The molecule has 0 atom stereocenters. The summed E-state index contributed by atoms with van der Waals surface area (Å²) in [5.74, 6) is -0.361. The molecule has 0 unspecified atom stereocenters. The molecule has 0 aromatic carbocycles. The van der Waals surface area contributed by atoms with Gasteiger partial charge in [-0.2, -0.15) is 0 Å². The summed E-state index contributed by atoms with van der Waals surface area (Å²) in [5.41, 5.74) is 0. The van der Waals surface area contributed by atoms with Gasteiger partial charge in [-0.1, -0.05) is 6.08 Å². The molecular formula is C16H27NO7. The van der Waals surface area contributed by atoms with Crippen molar-refractivity contribution < 1.29 is 33.3 Å². The molecule has 0 aliphatic carbocycles. The van der Waals surface area contributed by atoms with Crippen molar-refractivity contribution in [1.82, 2.24) is 4.90 Å². The molecule has 138 valence electrons. The molecule has 0 spiro atoms. The van der Waals surface area contributed by atoms with Gasteiger partial charge in [-0.3, -0.25) is 14.5 Å². The van der Waals surface area contributed by atoms with E-state index in [1.807, 2.05) is 0 Å². The first-order chi connectivity index (χ1) is 11.8. The minimum absolute atomic E-state index is 0.208. The van der Waals surface area contributed by atoms with Gasteiger partial charge >= 0.3 is 0 Å². The SMILES string of the molecule is C/C=C\C(=O)N(C=O)CCOCCOCCOCCOCCC=O. The molecule has 24 heavy (non-hydrogen) atoms. The van der Waals surface area contributed by atoms with Gasteiger partial charge in [0.2, 0.25) is 6.41 Å². The van der Waals surface area contributed by atoms with Crippen molar-refractivity contribution in [1.29, 1.82) is 0 Å². The molecule has 0 saturated carbocycles. The van der Waals surface area contributed by atoms with Crippen LogP contribution in [0.15, 0.2) is 12.2 Å². The number of carbonyl (C=O) groups excluding carboxylic acids is 3. The fraction of sp³-hybridized carbons (Fsp3) is 0.688. The highest BCUT2D eigenvalue weighted by molar-refractivity contribution is 5.94. The minimum atomic E-state index is -0.361. The number of hydrogen-bond acceptors (Lipinski definition) is 7. The van der Waals surface area contributed by atoms with Crippen LogP contribution in [0, 0.1) is 0 Å². The number of carbonyl (C=O) groups is 3. The first-order valence-electron chi connectivity index (χ1n) is 7.89. The van der Waals surface area contributed by atoms with Crippen LogP contribution in [-0.4, -0.2) is 82.9 Å². The summed E-state index contributed by atoms with van der Waals surface area (Å²) in [6, 6.07) is 0. The summed E-state index contributed by atoms with van der Waals surface area (Å²) in [6.07, 6.45) is 4.60. The third-order valence-electron chi connectivity index (χ3n) is 2.69. The van der Waals surface area contributed by atoms with Crippen LogP contribution >= 0.6 is 0 Å². The molecule has 0 aliphatic rings. The number of rotatable bonds is 17. The van der Waals surface area contributed by atoms with Crippen LogP contribution in [0.3, 0.4) is 0 Å². The van der Waals surface area contributed by atoms with Crippen LogP contribution in [-0.2, 0) is 33.3 Å². The summed E-state index contributed by atoms with van der Waals surface area (Å²) in [7, 11) is 0. The van der Waals surface area contributed by atoms with Gasteiger partial charge in [0.15, 0.2) is 0 Å². The number of amides is 2. The van der Waals surface area contributed by atoms with E-state index in [2.05, 4.69) is 0 Å². The molecule has 0 radical (unpaired) electrons. The molecule has 0 aromatic heterocycles. The van der Waals surface area contributed by atoms with E-state index in [1.54, 1.807) is 13.0 Å². The van der Waals surface area contributed by atoms with Gasteiger partial charge in [-0.15, -0.1) is 0 Å². The van der Waals surface area contributed by atoms with Crippen molar-refractivity contribution in [3.05, 3.63) is 12.2 Å². The van der Waals surface area contributed by atoms with E-state index in [-0.39, 0.29) is 19.1 Å². The second-order valence-corrected chi connectivity index (χ2v) is 4.54. The van der Waals surface area contributed by atoms with Crippen LogP contribution in [0.25, 0.3) is 0 Å². The Morgan fingerprint density at radius 2 is 1.33 bits per heavy atom. The average Bonchev–Trinajstić information content (AvgIpc) is 2.58. The van der Waals surface area contributed by atoms with Crippen molar-refractivity contribution in [2.24, 2.45) is 0 Å². The summed E-state index contributed by atoms with van der Waals surface area (Å²) in [5, 5.41) is 0. The molecule has 0 heterocycles. The van der Waals surface area contributed by atoms with Crippen molar-refractivity contribution in [2.45, 2.75) is 13.3 Å². The highest BCUT2D eigenvalue weighted by Gasteiger charge is 2.07. The van der Waals surface area contributed by atoms with Crippen LogP contribution < -0.4 is 0 Å². The van der Waals surface area contributed by atoms with Crippen LogP contribution in [0.5, 0.6) is 0 Å². The maximum atomic E-state index is 11.4. The Balaban J connectivity index is 3.31. The van der Waals surface area contributed by atoms with Gasteiger partial charge in [-0.25, -0.2) is 0 Å². The summed E-state index contributed by atoms with van der Waals surface area (Å²) >= 11 is 0.